The van der Waals surface area contributed by atoms with E-state index in [9.17, 15) is 4.79 Å². The van der Waals surface area contributed by atoms with Crippen LogP contribution in [0.5, 0.6) is 5.75 Å². The fourth-order valence-corrected chi connectivity index (χ4v) is 0.999. The maximum Gasteiger partial charge on any atom is 0.215 e. The van der Waals surface area contributed by atoms with Crippen molar-refractivity contribution in [1.29, 1.82) is 0 Å². The van der Waals surface area contributed by atoms with Crippen molar-refractivity contribution in [2.75, 3.05) is 0 Å². The summed E-state index contributed by atoms with van der Waals surface area (Å²) in [4.78, 5) is 10.2. The smallest absolute Gasteiger partial charge is 0.215 e. The van der Waals surface area contributed by atoms with Crippen LogP contribution in [0.15, 0.2) is 34.5 Å². The third kappa shape index (κ3) is 3.22. The Morgan fingerprint density at radius 3 is 2.29 bits per heavy atom. The minimum absolute atomic E-state index is 0.163. The summed E-state index contributed by atoms with van der Waals surface area (Å²) in [6.45, 7) is 0. The molecule has 0 amide bonds. The van der Waals surface area contributed by atoms with E-state index in [0.717, 1.165) is 0 Å². The average molecular weight is 251 g/mol. The fourth-order valence-electron chi connectivity index (χ4n) is 0.701. The molecule has 0 fully saturated rings. The summed E-state index contributed by atoms with van der Waals surface area (Å²) in [6.07, 6.45) is 0.403. The Kier molecular flexibility index (Phi) is 4.26. The first-order valence-electron chi connectivity index (χ1n) is 3.57. The predicted molar refractivity (Wildman–Crippen MR) is 56.9 cm³/mol. The molecule has 1 rings (SSSR count). The molecule has 0 aromatic heterocycles. The third-order valence-electron chi connectivity index (χ3n) is 1.31. The molecule has 0 aliphatic heterocycles. The lowest BCUT2D eigenvalue weighted by molar-refractivity contribution is -0.104. The van der Waals surface area contributed by atoms with E-state index in [4.69, 9.17) is 39.5 Å². The number of ether oxygens (including phenoxy) is 1. The van der Waals surface area contributed by atoms with Gasteiger partial charge in [0.25, 0.3) is 0 Å². The summed E-state index contributed by atoms with van der Waals surface area (Å²) in [5, 5.41) is 0.240. The zero-order chi connectivity index (χ0) is 10.6. The molecule has 0 bridgehead atoms. The average Bonchev–Trinajstić information content (AvgIpc) is 2.20. The number of carbonyl (C=O) groups excluding carboxylic acids is 1. The predicted octanol–water partition coefficient (Wildman–Crippen LogP) is 3.56. The van der Waals surface area contributed by atoms with Crippen molar-refractivity contribution in [2.45, 2.75) is 0 Å². The van der Waals surface area contributed by atoms with E-state index >= 15 is 0 Å². The molecular weight excluding hydrogens is 246 g/mol. The molecule has 0 aliphatic carbocycles. The molecule has 0 atom stereocenters. The van der Waals surface area contributed by atoms with Gasteiger partial charge in [-0.3, -0.25) is 4.79 Å². The van der Waals surface area contributed by atoms with E-state index in [2.05, 4.69) is 0 Å². The van der Waals surface area contributed by atoms with Crippen LogP contribution >= 0.6 is 34.8 Å². The number of hydrogen-bond acceptors (Lipinski definition) is 2. The molecule has 0 N–H and O–H groups in total. The first-order chi connectivity index (χ1) is 6.63. The van der Waals surface area contributed by atoms with Crippen molar-refractivity contribution in [3.63, 3.8) is 0 Å². The number of allylic oxidation sites excluding steroid dienone is 1. The van der Waals surface area contributed by atoms with Gasteiger partial charge in [-0.1, -0.05) is 23.2 Å². The van der Waals surface area contributed by atoms with E-state index < -0.39 is 0 Å². The second-order valence-corrected chi connectivity index (χ2v) is 3.48. The molecule has 14 heavy (non-hydrogen) atoms. The highest BCUT2D eigenvalue weighted by atomic mass is 35.5. The Bertz CT molecular complexity index is 357. The van der Waals surface area contributed by atoms with Gasteiger partial charge in [-0.05, 0) is 35.9 Å². The van der Waals surface area contributed by atoms with Gasteiger partial charge < -0.3 is 4.74 Å². The van der Waals surface area contributed by atoms with Crippen LogP contribution in [0.25, 0.3) is 0 Å². The van der Waals surface area contributed by atoms with E-state index in [1.807, 2.05) is 0 Å². The van der Waals surface area contributed by atoms with Crippen molar-refractivity contribution in [2.24, 2.45) is 0 Å². The second-order valence-electron chi connectivity index (χ2n) is 2.30. The summed E-state index contributed by atoms with van der Waals surface area (Å²) >= 11 is 16.6. The number of halogens is 3. The topological polar surface area (TPSA) is 26.3 Å². The molecule has 0 radical (unpaired) electrons. The summed E-state index contributed by atoms with van der Waals surface area (Å²) in [7, 11) is 0. The van der Waals surface area contributed by atoms with E-state index in [1.54, 1.807) is 24.3 Å². The molecule has 0 aliphatic rings. The molecule has 0 heterocycles. The lowest BCUT2D eigenvalue weighted by Crippen LogP contribution is -1.91. The van der Waals surface area contributed by atoms with Gasteiger partial charge in [0.05, 0.1) is 0 Å². The van der Waals surface area contributed by atoms with E-state index in [-0.39, 0.29) is 10.3 Å². The number of rotatable bonds is 3. The van der Waals surface area contributed by atoms with Gasteiger partial charge in [0.15, 0.2) is 6.29 Å². The van der Waals surface area contributed by atoms with Crippen LogP contribution in [0.2, 0.25) is 5.02 Å². The molecule has 0 spiro atoms. The zero-order valence-electron chi connectivity index (χ0n) is 6.84. The molecule has 74 valence electrons. The molecule has 5 heteroatoms. The van der Waals surface area contributed by atoms with Gasteiger partial charge in [-0.2, -0.15) is 0 Å². The standard InChI is InChI=1S/C9H5Cl3O2/c10-6-1-3-7(4-2-6)14-9(12)8(11)5-13/h1-5H/b9-8+. The van der Waals surface area contributed by atoms with Gasteiger partial charge >= 0.3 is 0 Å². The minimum Gasteiger partial charge on any atom is -0.444 e. The largest absolute Gasteiger partial charge is 0.444 e. The number of carbonyl (C=O) groups is 1. The van der Waals surface area contributed by atoms with Crippen LogP contribution in [-0.4, -0.2) is 6.29 Å². The Hall–Kier alpha value is -0.700. The monoisotopic (exact) mass is 250 g/mol. The summed E-state index contributed by atoms with van der Waals surface area (Å²) in [5.41, 5.74) is 0. The first kappa shape index (κ1) is 11.4. The fraction of sp³-hybridized carbons (Fsp3) is 0. The van der Waals surface area contributed by atoms with Crippen molar-refractivity contribution in [1.82, 2.24) is 0 Å². The lowest BCUT2D eigenvalue weighted by Gasteiger charge is -2.03. The molecule has 0 saturated heterocycles. The van der Waals surface area contributed by atoms with Gasteiger partial charge in [-0.15, -0.1) is 0 Å². The SMILES string of the molecule is O=C/C(Cl)=C(/Cl)Oc1ccc(Cl)cc1. The van der Waals surface area contributed by atoms with Crippen LogP contribution in [0, 0.1) is 0 Å². The van der Waals surface area contributed by atoms with E-state index in [1.165, 1.54) is 0 Å². The molecular formula is C9H5Cl3O2. The molecule has 2 nitrogen and oxygen atoms in total. The van der Waals surface area contributed by atoms with Gasteiger partial charge in [-0.25, -0.2) is 0 Å². The van der Waals surface area contributed by atoms with Crippen LogP contribution in [0.1, 0.15) is 0 Å². The maximum absolute atomic E-state index is 10.2. The van der Waals surface area contributed by atoms with Crippen LogP contribution in [-0.2, 0) is 4.79 Å². The van der Waals surface area contributed by atoms with Gasteiger partial charge in [0.2, 0.25) is 5.22 Å². The van der Waals surface area contributed by atoms with Crippen molar-refractivity contribution >= 4 is 41.1 Å². The quantitative estimate of drug-likeness (QED) is 0.466. The Morgan fingerprint density at radius 2 is 1.79 bits per heavy atom. The Morgan fingerprint density at radius 1 is 1.21 bits per heavy atom. The second kappa shape index (κ2) is 5.25. The highest BCUT2D eigenvalue weighted by Crippen LogP contribution is 2.21. The summed E-state index contributed by atoms with van der Waals surface area (Å²) < 4.78 is 5.05. The number of aldehydes is 1. The number of hydrogen-bond donors (Lipinski definition) is 0. The van der Waals surface area contributed by atoms with Crippen molar-refractivity contribution in [3.05, 3.63) is 39.5 Å². The molecule has 0 unspecified atom stereocenters. The van der Waals surface area contributed by atoms with Crippen LogP contribution in [0.3, 0.4) is 0 Å². The lowest BCUT2D eigenvalue weighted by atomic mass is 10.3. The normalized spacial score (nSPS) is 11.9. The Labute approximate surface area is 96.0 Å². The highest BCUT2D eigenvalue weighted by Gasteiger charge is 2.03. The molecule has 1 aromatic carbocycles. The minimum atomic E-state index is -0.179. The van der Waals surface area contributed by atoms with Gasteiger partial charge in [0, 0.05) is 5.02 Å². The molecule has 1 aromatic rings. The van der Waals surface area contributed by atoms with Crippen molar-refractivity contribution in [3.8, 4) is 5.75 Å². The van der Waals surface area contributed by atoms with Crippen LogP contribution < -0.4 is 4.74 Å². The highest BCUT2D eigenvalue weighted by molar-refractivity contribution is 6.44. The Balaban J connectivity index is 2.79. The van der Waals surface area contributed by atoms with Gasteiger partial charge in [0.1, 0.15) is 10.8 Å². The maximum atomic E-state index is 10.2. The first-order valence-corrected chi connectivity index (χ1v) is 4.70. The zero-order valence-corrected chi connectivity index (χ0v) is 9.10. The summed E-state index contributed by atoms with van der Waals surface area (Å²) in [5.74, 6) is 0.458. The van der Waals surface area contributed by atoms with E-state index in [0.29, 0.717) is 17.1 Å². The molecule has 0 saturated carbocycles. The van der Waals surface area contributed by atoms with Crippen LogP contribution in [0.4, 0.5) is 0 Å². The van der Waals surface area contributed by atoms with Crippen molar-refractivity contribution < 1.29 is 9.53 Å². The third-order valence-corrected chi connectivity index (χ3v) is 2.20. The number of benzene rings is 1. The summed E-state index contributed by atoms with van der Waals surface area (Å²) in [6, 6.07) is 6.49.